The summed E-state index contributed by atoms with van der Waals surface area (Å²) in [6.45, 7) is 0.467. The molecule has 1 atom stereocenters. The van der Waals surface area contributed by atoms with Crippen molar-refractivity contribution in [1.29, 1.82) is 0 Å². The van der Waals surface area contributed by atoms with E-state index in [1.165, 1.54) is 12.1 Å². The van der Waals surface area contributed by atoms with Gasteiger partial charge in [0.2, 0.25) is 5.91 Å². The Bertz CT molecular complexity index is 586. The first-order valence-electron chi connectivity index (χ1n) is 6.66. The summed E-state index contributed by atoms with van der Waals surface area (Å²) in [5.41, 5.74) is 0.631. The molecule has 0 radical (unpaired) electrons. The molecular formula is C14H18FNO3S. The number of carbonyl (C=O) groups excluding carboxylic acids is 1. The maximum Gasteiger partial charge on any atom is 0.224 e. The molecule has 1 aromatic carbocycles. The Morgan fingerprint density at radius 1 is 1.40 bits per heavy atom. The number of halogens is 1. The first-order chi connectivity index (χ1) is 9.44. The molecule has 1 unspecified atom stereocenters. The maximum absolute atomic E-state index is 13.0. The first-order valence-corrected chi connectivity index (χ1v) is 8.48. The zero-order valence-corrected chi connectivity index (χ0v) is 12.0. The minimum atomic E-state index is -2.85. The molecule has 0 aliphatic carbocycles. The van der Waals surface area contributed by atoms with Crippen LogP contribution in [0.4, 0.5) is 4.39 Å². The van der Waals surface area contributed by atoms with E-state index in [4.69, 9.17) is 0 Å². The monoisotopic (exact) mass is 299 g/mol. The number of sulfone groups is 1. The number of amides is 1. The van der Waals surface area contributed by atoms with Gasteiger partial charge in [-0.2, -0.15) is 0 Å². The van der Waals surface area contributed by atoms with Gasteiger partial charge in [0.05, 0.1) is 17.9 Å². The molecule has 1 fully saturated rings. The summed E-state index contributed by atoms with van der Waals surface area (Å²) in [6, 6.07) is 5.94. The maximum atomic E-state index is 13.0. The predicted molar refractivity (Wildman–Crippen MR) is 74.5 cm³/mol. The van der Waals surface area contributed by atoms with E-state index < -0.39 is 9.84 Å². The normalized spacial score (nSPS) is 20.8. The summed E-state index contributed by atoms with van der Waals surface area (Å²) in [4.78, 5) is 11.7. The summed E-state index contributed by atoms with van der Waals surface area (Å²) in [6.07, 6.45) is 1.50. The zero-order valence-electron chi connectivity index (χ0n) is 11.1. The van der Waals surface area contributed by atoms with Crippen LogP contribution in [0.2, 0.25) is 0 Å². The summed E-state index contributed by atoms with van der Waals surface area (Å²) in [7, 11) is -2.85. The number of rotatable bonds is 5. The Hall–Kier alpha value is -1.43. The summed E-state index contributed by atoms with van der Waals surface area (Å²) in [5.74, 6) is 0.110. The van der Waals surface area contributed by atoms with E-state index in [1.54, 1.807) is 12.1 Å². The van der Waals surface area contributed by atoms with E-state index in [1.807, 2.05) is 0 Å². The molecule has 1 heterocycles. The second-order valence-electron chi connectivity index (χ2n) is 5.21. The summed E-state index contributed by atoms with van der Waals surface area (Å²) >= 11 is 0. The molecule has 0 bridgehead atoms. The molecule has 1 aromatic rings. The minimum absolute atomic E-state index is 0.140. The molecule has 1 aliphatic rings. The highest BCUT2D eigenvalue weighted by Crippen LogP contribution is 2.20. The molecule has 0 saturated carbocycles. The molecule has 4 nitrogen and oxygen atoms in total. The molecule has 1 aliphatic heterocycles. The third kappa shape index (κ3) is 4.59. The first kappa shape index (κ1) is 15.0. The van der Waals surface area contributed by atoms with Crippen molar-refractivity contribution in [2.75, 3.05) is 18.1 Å². The van der Waals surface area contributed by atoms with Gasteiger partial charge in [-0.1, -0.05) is 12.1 Å². The lowest BCUT2D eigenvalue weighted by Gasteiger charge is -2.09. The Kier molecular flexibility index (Phi) is 4.75. The van der Waals surface area contributed by atoms with Gasteiger partial charge < -0.3 is 5.32 Å². The molecule has 1 N–H and O–H groups in total. The van der Waals surface area contributed by atoms with E-state index in [2.05, 4.69) is 5.32 Å². The van der Waals surface area contributed by atoms with Crippen molar-refractivity contribution in [3.05, 3.63) is 35.6 Å². The van der Waals surface area contributed by atoms with Gasteiger partial charge in [-0.3, -0.25) is 4.79 Å². The number of nitrogens with one attached hydrogen (secondary N) is 1. The van der Waals surface area contributed by atoms with Crippen molar-refractivity contribution in [2.24, 2.45) is 5.92 Å². The van der Waals surface area contributed by atoms with Crippen LogP contribution in [-0.4, -0.2) is 32.4 Å². The van der Waals surface area contributed by atoms with E-state index in [0.29, 0.717) is 24.9 Å². The van der Waals surface area contributed by atoms with Crippen LogP contribution in [0.3, 0.4) is 0 Å². The summed E-state index contributed by atoms with van der Waals surface area (Å²) in [5, 5.41) is 2.75. The highest BCUT2D eigenvalue weighted by molar-refractivity contribution is 7.91. The highest BCUT2D eigenvalue weighted by atomic mass is 32.2. The van der Waals surface area contributed by atoms with Crippen molar-refractivity contribution in [2.45, 2.75) is 19.3 Å². The lowest BCUT2D eigenvalue weighted by atomic mass is 10.1. The SMILES string of the molecule is O=C(Cc1cccc(F)c1)NCCC1CCS(=O)(=O)C1. The van der Waals surface area contributed by atoms with Crippen LogP contribution >= 0.6 is 0 Å². The van der Waals surface area contributed by atoms with Crippen molar-refractivity contribution in [1.82, 2.24) is 5.32 Å². The lowest BCUT2D eigenvalue weighted by Crippen LogP contribution is -2.27. The molecule has 0 spiro atoms. The predicted octanol–water partition coefficient (Wildman–Crippen LogP) is 1.31. The Labute approximate surface area is 118 Å². The lowest BCUT2D eigenvalue weighted by molar-refractivity contribution is -0.120. The van der Waals surface area contributed by atoms with Crippen LogP contribution < -0.4 is 5.32 Å². The molecule has 1 amide bonds. The standard InChI is InChI=1S/C14H18FNO3S/c15-13-3-1-2-12(8-13)9-14(17)16-6-4-11-5-7-20(18,19)10-11/h1-3,8,11H,4-7,9-10H2,(H,16,17). The Morgan fingerprint density at radius 2 is 2.20 bits per heavy atom. The smallest absolute Gasteiger partial charge is 0.224 e. The average molecular weight is 299 g/mol. The van der Waals surface area contributed by atoms with Crippen LogP contribution in [-0.2, 0) is 21.1 Å². The second-order valence-corrected chi connectivity index (χ2v) is 7.44. The Morgan fingerprint density at radius 3 is 2.85 bits per heavy atom. The zero-order chi connectivity index (χ0) is 14.6. The van der Waals surface area contributed by atoms with E-state index in [0.717, 1.165) is 0 Å². The number of benzene rings is 1. The van der Waals surface area contributed by atoms with Gasteiger partial charge in [0, 0.05) is 6.54 Å². The van der Waals surface area contributed by atoms with E-state index in [-0.39, 0.29) is 35.6 Å². The topological polar surface area (TPSA) is 63.2 Å². The molecule has 20 heavy (non-hydrogen) atoms. The van der Waals surface area contributed by atoms with Crippen LogP contribution in [0.5, 0.6) is 0 Å². The van der Waals surface area contributed by atoms with Crippen molar-refractivity contribution < 1.29 is 17.6 Å². The minimum Gasteiger partial charge on any atom is -0.356 e. The molecule has 110 valence electrons. The van der Waals surface area contributed by atoms with Gasteiger partial charge in [-0.05, 0) is 36.5 Å². The van der Waals surface area contributed by atoms with Gasteiger partial charge in [-0.15, -0.1) is 0 Å². The fourth-order valence-corrected chi connectivity index (χ4v) is 4.32. The van der Waals surface area contributed by atoms with Gasteiger partial charge in [0.1, 0.15) is 5.82 Å². The van der Waals surface area contributed by atoms with Gasteiger partial charge in [-0.25, -0.2) is 12.8 Å². The molecule has 0 aromatic heterocycles. The van der Waals surface area contributed by atoms with Gasteiger partial charge in [0.25, 0.3) is 0 Å². The van der Waals surface area contributed by atoms with Crippen LogP contribution in [0, 0.1) is 11.7 Å². The van der Waals surface area contributed by atoms with Crippen molar-refractivity contribution in [3.8, 4) is 0 Å². The molecular weight excluding hydrogens is 281 g/mol. The quantitative estimate of drug-likeness (QED) is 0.891. The fraction of sp³-hybridized carbons (Fsp3) is 0.500. The largest absolute Gasteiger partial charge is 0.356 e. The number of hydrogen-bond donors (Lipinski definition) is 1. The average Bonchev–Trinajstić information content (AvgIpc) is 2.69. The number of hydrogen-bond acceptors (Lipinski definition) is 3. The summed E-state index contributed by atoms with van der Waals surface area (Å²) < 4.78 is 35.5. The van der Waals surface area contributed by atoms with E-state index in [9.17, 15) is 17.6 Å². The number of carbonyl (C=O) groups is 1. The van der Waals surface area contributed by atoms with Crippen molar-refractivity contribution in [3.63, 3.8) is 0 Å². The third-order valence-electron chi connectivity index (χ3n) is 3.46. The second kappa shape index (κ2) is 6.35. The Balaban J connectivity index is 1.71. The highest BCUT2D eigenvalue weighted by Gasteiger charge is 2.27. The molecule has 2 rings (SSSR count). The van der Waals surface area contributed by atoms with E-state index >= 15 is 0 Å². The fourth-order valence-electron chi connectivity index (χ4n) is 2.41. The molecule has 6 heteroatoms. The third-order valence-corrected chi connectivity index (χ3v) is 5.29. The van der Waals surface area contributed by atoms with Gasteiger partial charge in [0.15, 0.2) is 9.84 Å². The van der Waals surface area contributed by atoms with Crippen LogP contribution in [0.1, 0.15) is 18.4 Å². The van der Waals surface area contributed by atoms with Gasteiger partial charge >= 0.3 is 0 Å². The van der Waals surface area contributed by atoms with Crippen LogP contribution in [0.25, 0.3) is 0 Å². The molecule has 1 saturated heterocycles. The van der Waals surface area contributed by atoms with Crippen LogP contribution in [0.15, 0.2) is 24.3 Å². The van der Waals surface area contributed by atoms with Crippen molar-refractivity contribution >= 4 is 15.7 Å².